The summed E-state index contributed by atoms with van der Waals surface area (Å²) in [6.45, 7) is 2.54. The fraction of sp³-hybridized carbons (Fsp3) is 0.500. The van der Waals surface area contributed by atoms with E-state index < -0.39 is 11.7 Å². The Balaban J connectivity index is 2.31. The lowest BCUT2D eigenvalue weighted by Crippen LogP contribution is -2.42. The molecule has 1 saturated heterocycles. The average Bonchev–Trinajstić information content (AvgIpc) is 2.37. The Morgan fingerprint density at radius 1 is 1.35 bits per heavy atom. The van der Waals surface area contributed by atoms with Gasteiger partial charge in [-0.3, -0.25) is 4.79 Å². The van der Waals surface area contributed by atoms with Crippen molar-refractivity contribution in [3.05, 3.63) is 33.8 Å². The number of hydrogen-bond acceptors (Lipinski definition) is 1. The minimum Gasteiger partial charge on any atom is -0.336 e. The molecule has 110 valence electrons. The minimum atomic E-state index is -4.47. The summed E-state index contributed by atoms with van der Waals surface area (Å²) in [6.07, 6.45) is -1.62. The van der Waals surface area contributed by atoms with Gasteiger partial charge in [0.25, 0.3) is 5.91 Å². The quantitative estimate of drug-likeness (QED) is 0.731. The van der Waals surface area contributed by atoms with Crippen LogP contribution in [0.5, 0.6) is 0 Å². The molecule has 1 atom stereocenters. The van der Waals surface area contributed by atoms with Crippen molar-refractivity contribution in [3.63, 3.8) is 0 Å². The largest absolute Gasteiger partial charge is 0.417 e. The second kappa shape index (κ2) is 5.76. The van der Waals surface area contributed by atoms with Crippen molar-refractivity contribution in [2.45, 2.75) is 38.4 Å². The van der Waals surface area contributed by atoms with E-state index in [1.807, 2.05) is 6.92 Å². The van der Waals surface area contributed by atoms with Crippen molar-refractivity contribution in [1.82, 2.24) is 4.90 Å². The van der Waals surface area contributed by atoms with Crippen LogP contribution < -0.4 is 0 Å². The maximum Gasteiger partial charge on any atom is 0.417 e. The van der Waals surface area contributed by atoms with Crippen LogP contribution >= 0.6 is 15.9 Å². The lowest BCUT2D eigenvalue weighted by Gasteiger charge is -2.33. The van der Waals surface area contributed by atoms with Gasteiger partial charge in [0.1, 0.15) is 0 Å². The highest BCUT2D eigenvalue weighted by atomic mass is 79.9. The summed E-state index contributed by atoms with van der Waals surface area (Å²) in [5.41, 5.74) is -0.720. The van der Waals surface area contributed by atoms with Gasteiger partial charge < -0.3 is 4.90 Å². The van der Waals surface area contributed by atoms with Gasteiger partial charge in [-0.25, -0.2) is 0 Å². The van der Waals surface area contributed by atoms with E-state index in [-0.39, 0.29) is 22.0 Å². The summed E-state index contributed by atoms with van der Waals surface area (Å²) in [7, 11) is 0. The number of rotatable bonds is 1. The van der Waals surface area contributed by atoms with Crippen LogP contribution in [0.2, 0.25) is 0 Å². The number of carbonyl (C=O) groups excluding carboxylic acids is 1. The molecule has 1 heterocycles. The molecular formula is C14H15BrF3NO. The second-order valence-corrected chi connectivity index (χ2v) is 5.89. The molecule has 0 aromatic heterocycles. The second-order valence-electron chi connectivity index (χ2n) is 5.04. The van der Waals surface area contributed by atoms with E-state index in [2.05, 4.69) is 15.9 Å². The van der Waals surface area contributed by atoms with E-state index in [9.17, 15) is 18.0 Å². The van der Waals surface area contributed by atoms with Crippen molar-refractivity contribution >= 4 is 21.8 Å². The first-order valence-corrected chi connectivity index (χ1v) is 7.27. The molecule has 0 bridgehead atoms. The van der Waals surface area contributed by atoms with Crippen LogP contribution in [0.3, 0.4) is 0 Å². The molecule has 6 heteroatoms. The lowest BCUT2D eigenvalue weighted by atomic mass is 10.0. The molecule has 2 nitrogen and oxygen atoms in total. The number of benzene rings is 1. The van der Waals surface area contributed by atoms with E-state index in [4.69, 9.17) is 0 Å². The third kappa shape index (κ3) is 3.16. The van der Waals surface area contributed by atoms with Gasteiger partial charge in [-0.05, 0) is 44.4 Å². The van der Waals surface area contributed by atoms with E-state index in [0.29, 0.717) is 6.54 Å². The maximum absolute atomic E-state index is 12.9. The fourth-order valence-corrected chi connectivity index (χ4v) is 2.91. The molecule has 2 rings (SSSR count). The Kier molecular flexibility index (Phi) is 4.42. The summed E-state index contributed by atoms with van der Waals surface area (Å²) in [6, 6.07) is 3.72. The average molecular weight is 350 g/mol. The SMILES string of the molecule is CC1CCCCN1C(=O)c1ccc(Br)c(C(F)(F)F)c1. The Morgan fingerprint density at radius 3 is 2.65 bits per heavy atom. The van der Waals surface area contributed by atoms with Gasteiger partial charge in [-0.15, -0.1) is 0 Å². The fourth-order valence-electron chi connectivity index (χ4n) is 2.44. The summed E-state index contributed by atoms with van der Waals surface area (Å²) in [5, 5.41) is 0. The van der Waals surface area contributed by atoms with Gasteiger partial charge in [-0.2, -0.15) is 13.2 Å². The molecule has 1 aromatic carbocycles. The number of hydrogen-bond donors (Lipinski definition) is 0. The lowest BCUT2D eigenvalue weighted by molar-refractivity contribution is -0.138. The van der Waals surface area contributed by atoms with Crippen molar-refractivity contribution in [3.8, 4) is 0 Å². The molecule has 1 aliphatic heterocycles. The van der Waals surface area contributed by atoms with Crippen LogP contribution in [0.25, 0.3) is 0 Å². The van der Waals surface area contributed by atoms with Gasteiger partial charge >= 0.3 is 6.18 Å². The molecule has 1 aromatic rings. The smallest absolute Gasteiger partial charge is 0.336 e. The van der Waals surface area contributed by atoms with Gasteiger partial charge in [0.2, 0.25) is 0 Å². The normalized spacial score (nSPS) is 20.1. The van der Waals surface area contributed by atoms with E-state index >= 15 is 0 Å². The molecule has 0 aliphatic carbocycles. The van der Waals surface area contributed by atoms with Crippen LogP contribution in [0, 0.1) is 0 Å². The summed E-state index contributed by atoms with van der Waals surface area (Å²) in [4.78, 5) is 14.0. The molecule has 0 radical (unpaired) electrons. The van der Waals surface area contributed by atoms with Crippen molar-refractivity contribution in [1.29, 1.82) is 0 Å². The molecule has 0 N–H and O–H groups in total. The van der Waals surface area contributed by atoms with Gasteiger partial charge in [-0.1, -0.05) is 15.9 Å². The summed E-state index contributed by atoms with van der Waals surface area (Å²) >= 11 is 2.88. The van der Waals surface area contributed by atoms with Crippen LogP contribution in [0.4, 0.5) is 13.2 Å². The molecule has 1 aliphatic rings. The molecule has 1 unspecified atom stereocenters. The zero-order chi connectivity index (χ0) is 14.9. The highest BCUT2D eigenvalue weighted by Gasteiger charge is 2.34. The van der Waals surface area contributed by atoms with Gasteiger partial charge in [0.05, 0.1) is 5.56 Å². The third-order valence-corrected chi connectivity index (χ3v) is 4.27. The van der Waals surface area contributed by atoms with Gasteiger partial charge in [0, 0.05) is 22.6 Å². The van der Waals surface area contributed by atoms with E-state index in [1.165, 1.54) is 12.1 Å². The molecule has 0 spiro atoms. The van der Waals surface area contributed by atoms with Crippen LogP contribution in [0.15, 0.2) is 22.7 Å². The predicted octanol–water partition coefficient (Wildman–Crippen LogP) is 4.48. The number of amides is 1. The first kappa shape index (κ1) is 15.4. The first-order valence-electron chi connectivity index (χ1n) is 6.48. The monoisotopic (exact) mass is 349 g/mol. The van der Waals surface area contributed by atoms with Crippen molar-refractivity contribution in [2.24, 2.45) is 0 Å². The van der Waals surface area contributed by atoms with Crippen molar-refractivity contribution < 1.29 is 18.0 Å². The van der Waals surface area contributed by atoms with E-state index in [0.717, 1.165) is 25.3 Å². The number of likely N-dealkylation sites (tertiary alicyclic amines) is 1. The van der Waals surface area contributed by atoms with E-state index in [1.54, 1.807) is 4.90 Å². The third-order valence-electron chi connectivity index (χ3n) is 3.58. The zero-order valence-corrected chi connectivity index (χ0v) is 12.6. The van der Waals surface area contributed by atoms with Crippen LogP contribution in [-0.2, 0) is 6.18 Å². The Hall–Kier alpha value is -1.04. The Labute approximate surface area is 124 Å². The van der Waals surface area contributed by atoms with Crippen LogP contribution in [0.1, 0.15) is 42.1 Å². The minimum absolute atomic E-state index is 0.0479. The highest BCUT2D eigenvalue weighted by molar-refractivity contribution is 9.10. The number of piperidine rings is 1. The molecule has 20 heavy (non-hydrogen) atoms. The first-order chi connectivity index (χ1) is 9.30. The van der Waals surface area contributed by atoms with Gasteiger partial charge in [0.15, 0.2) is 0 Å². The standard InChI is InChI=1S/C14H15BrF3NO/c1-9-4-2-3-7-19(9)13(20)10-5-6-12(15)11(8-10)14(16,17)18/h5-6,8-9H,2-4,7H2,1H3. The molecule has 1 fully saturated rings. The Morgan fingerprint density at radius 2 is 2.05 bits per heavy atom. The Bertz CT molecular complexity index is 516. The predicted molar refractivity (Wildman–Crippen MR) is 73.5 cm³/mol. The molecule has 1 amide bonds. The maximum atomic E-state index is 12.9. The number of carbonyl (C=O) groups is 1. The summed E-state index contributed by atoms with van der Waals surface area (Å²) in [5.74, 6) is -0.324. The topological polar surface area (TPSA) is 20.3 Å². The van der Waals surface area contributed by atoms with Crippen LogP contribution in [-0.4, -0.2) is 23.4 Å². The number of nitrogens with zero attached hydrogens (tertiary/aromatic N) is 1. The summed E-state index contributed by atoms with van der Waals surface area (Å²) < 4.78 is 38.5. The highest BCUT2D eigenvalue weighted by Crippen LogP contribution is 2.35. The van der Waals surface area contributed by atoms with Crippen molar-refractivity contribution in [2.75, 3.05) is 6.54 Å². The zero-order valence-electron chi connectivity index (χ0n) is 11.0. The molecular weight excluding hydrogens is 335 g/mol. The number of halogens is 4. The number of alkyl halides is 3. The molecule has 0 saturated carbocycles.